The molecule has 158 valence electrons. The molecule has 3 N–H and O–H groups in total. The van der Waals surface area contributed by atoms with Crippen LogP contribution in [0.25, 0.3) is 16.8 Å². The predicted octanol–water partition coefficient (Wildman–Crippen LogP) is 3.81. The molecule has 0 radical (unpaired) electrons. The molecule has 7 nitrogen and oxygen atoms in total. The molecule has 0 atom stereocenters. The van der Waals surface area contributed by atoms with Crippen LogP contribution >= 0.6 is 0 Å². The number of ether oxygens (including phenoxy) is 1. The number of nitrogens with two attached hydrogens (primary N) is 1. The standard InChI is InChI=1S/C23H30N6O/c24-27-22-21-20(26-23(17-6-4-7-17)29(21)13-10-25-22)18-8-5-9-19(16-18)30-15-14-28-11-2-1-3-12-28/h5,8-10,13,16-17H,1-4,6-7,11-12,14-15,24H2,(H,25,27). The maximum absolute atomic E-state index is 6.09. The number of aromatic nitrogens is 3. The molecule has 2 aliphatic rings. The lowest BCUT2D eigenvalue weighted by Crippen LogP contribution is -2.33. The van der Waals surface area contributed by atoms with Gasteiger partial charge in [-0.25, -0.2) is 15.8 Å². The van der Waals surface area contributed by atoms with Crippen LogP contribution in [-0.2, 0) is 0 Å². The van der Waals surface area contributed by atoms with E-state index in [1.165, 1.54) is 51.6 Å². The van der Waals surface area contributed by atoms with E-state index in [1.807, 2.05) is 18.3 Å². The number of rotatable bonds is 7. The number of piperidine rings is 1. The second-order valence-electron chi connectivity index (χ2n) is 8.36. The maximum Gasteiger partial charge on any atom is 0.166 e. The van der Waals surface area contributed by atoms with Crippen LogP contribution in [0.3, 0.4) is 0 Å². The molecular formula is C23H30N6O. The van der Waals surface area contributed by atoms with Crippen molar-refractivity contribution in [1.29, 1.82) is 0 Å². The van der Waals surface area contributed by atoms with Gasteiger partial charge in [0.1, 0.15) is 29.4 Å². The van der Waals surface area contributed by atoms with Gasteiger partial charge in [0, 0.05) is 30.4 Å². The summed E-state index contributed by atoms with van der Waals surface area (Å²) < 4.78 is 8.24. The van der Waals surface area contributed by atoms with Gasteiger partial charge in [-0.15, -0.1) is 0 Å². The van der Waals surface area contributed by atoms with E-state index >= 15 is 0 Å². The smallest absolute Gasteiger partial charge is 0.166 e. The van der Waals surface area contributed by atoms with Crippen LogP contribution in [0.1, 0.15) is 50.3 Å². The van der Waals surface area contributed by atoms with Crippen molar-refractivity contribution in [3.05, 3.63) is 42.5 Å². The third-order valence-corrected chi connectivity index (χ3v) is 6.42. The average Bonchev–Trinajstić information content (AvgIpc) is 3.13. The van der Waals surface area contributed by atoms with Crippen LogP contribution < -0.4 is 16.0 Å². The monoisotopic (exact) mass is 406 g/mol. The van der Waals surface area contributed by atoms with E-state index in [0.717, 1.165) is 34.9 Å². The Hall–Kier alpha value is -2.64. The zero-order chi connectivity index (χ0) is 20.3. The highest BCUT2D eigenvalue weighted by molar-refractivity contribution is 5.86. The largest absolute Gasteiger partial charge is 0.492 e. The highest BCUT2D eigenvalue weighted by atomic mass is 16.5. The van der Waals surface area contributed by atoms with Crippen molar-refractivity contribution in [3.63, 3.8) is 0 Å². The summed E-state index contributed by atoms with van der Waals surface area (Å²) in [6, 6.07) is 8.21. The number of anilines is 1. The SMILES string of the molecule is NNc1nccn2c(C3CCC3)nc(-c3cccc(OCCN4CCCCC4)c3)c12. The lowest BCUT2D eigenvalue weighted by Gasteiger charge is -2.26. The van der Waals surface area contributed by atoms with E-state index in [2.05, 4.69) is 31.8 Å². The number of likely N-dealkylation sites (tertiary alicyclic amines) is 1. The molecule has 2 aromatic heterocycles. The van der Waals surface area contributed by atoms with Crippen LogP contribution in [0, 0.1) is 0 Å². The van der Waals surface area contributed by atoms with Crippen molar-refractivity contribution in [2.45, 2.75) is 44.4 Å². The van der Waals surface area contributed by atoms with Crippen molar-refractivity contribution < 1.29 is 4.74 Å². The molecule has 1 saturated heterocycles. The summed E-state index contributed by atoms with van der Waals surface area (Å²) in [6.07, 6.45) is 11.4. The summed E-state index contributed by atoms with van der Waals surface area (Å²) in [4.78, 5) is 12.0. The third kappa shape index (κ3) is 3.75. The Morgan fingerprint density at radius 1 is 1.13 bits per heavy atom. The molecule has 1 aliphatic heterocycles. The van der Waals surface area contributed by atoms with Gasteiger partial charge in [-0.3, -0.25) is 9.30 Å². The molecule has 7 heteroatoms. The second-order valence-corrected chi connectivity index (χ2v) is 8.36. The lowest BCUT2D eigenvalue weighted by molar-refractivity contribution is 0.183. The van der Waals surface area contributed by atoms with Gasteiger partial charge in [0.05, 0.1) is 0 Å². The van der Waals surface area contributed by atoms with Gasteiger partial charge >= 0.3 is 0 Å². The minimum Gasteiger partial charge on any atom is -0.492 e. The molecular weight excluding hydrogens is 376 g/mol. The van der Waals surface area contributed by atoms with Crippen molar-refractivity contribution in [3.8, 4) is 17.0 Å². The highest BCUT2D eigenvalue weighted by Crippen LogP contribution is 2.39. The van der Waals surface area contributed by atoms with E-state index in [0.29, 0.717) is 18.3 Å². The van der Waals surface area contributed by atoms with Crippen LogP contribution in [0.15, 0.2) is 36.7 Å². The van der Waals surface area contributed by atoms with Crippen molar-refractivity contribution in [1.82, 2.24) is 19.3 Å². The van der Waals surface area contributed by atoms with Crippen LogP contribution in [0.2, 0.25) is 0 Å². The Kier molecular flexibility index (Phi) is 5.55. The van der Waals surface area contributed by atoms with Crippen molar-refractivity contribution in [2.24, 2.45) is 5.84 Å². The van der Waals surface area contributed by atoms with Crippen LogP contribution in [-0.4, -0.2) is 45.5 Å². The molecule has 3 aromatic rings. The average molecular weight is 407 g/mol. The Labute approximate surface area is 177 Å². The molecule has 30 heavy (non-hydrogen) atoms. The molecule has 0 amide bonds. The minimum atomic E-state index is 0.503. The Morgan fingerprint density at radius 3 is 2.77 bits per heavy atom. The number of hydrazine groups is 1. The van der Waals surface area contributed by atoms with Gasteiger partial charge in [0.15, 0.2) is 5.82 Å². The van der Waals surface area contributed by atoms with Crippen molar-refractivity contribution in [2.75, 3.05) is 31.7 Å². The first-order valence-corrected chi connectivity index (χ1v) is 11.1. The zero-order valence-corrected chi connectivity index (χ0v) is 17.4. The first-order valence-electron chi connectivity index (χ1n) is 11.1. The van der Waals surface area contributed by atoms with E-state index in [9.17, 15) is 0 Å². The molecule has 0 unspecified atom stereocenters. The number of nitrogens with zero attached hydrogens (tertiary/aromatic N) is 4. The second kappa shape index (κ2) is 8.62. The number of hydrogen-bond donors (Lipinski definition) is 2. The van der Waals surface area contributed by atoms with E-state index in [1.54, 1.807) is 6.20 Å². The molecule has 5 rings (SSSR count). The molecule has 1 aromatic carbocycles. The summed E-state index contributed by atoms with van der Waals surface area (Å²) in [5.74, 6) is 8.90. The number of benzene rings is 1. The van der Waals surface area contributed by atoms with Gasteiger partial charge in [0.25, 0.3) is 0 Å². The van der Waals surface area contributed by atoms with Gasteiger partial charge in [-0.1, -0.05) is 25.0 Å². The zero-order valence-electron chi connectivity index (χ0n) is 17.4. The summed E-state index contributed by atoms with van der Waals surface area (Å²) >= 11 is 0. The van der Waals surface area contributed by atoms with Crippen LogP contribution in [0.5, 0.6) is 5.75 Å². The molecule has 0 spiro atoms. The van der Waals surface area contributed by atoms with Gasteiger partial charge < -0.3 is 10.2 Å². The first kappa shape index (κ1) is 19.3. The summed E-state index contributed by atoms with van der Waals surface area (Å²) in [5, 5.41) is 0. The van der Waals surface area contributed by atoms with E-state index in [-0.39, 0.29) is 0 Å². The summed E-state index contributed by atoms with van der Waals surface area (Å²) in [6.45, 7) is 4.07. The van der Waals surface area contributed by atoms with Crippen molar-refractivity contribution >= 4 is 11.3 Å². The predicted molar refractivity (Wildman–Crippen MR) is 119 cm³/mol. The summed E-state index contributed by atoms with van der Waals surface area (Å²) in [7, 11) is 0. The summed E-state index contributed by atoms with van der Waals surface area (Å²) in [5.41, 5.74) is 5.60. The fourth-order valence-electron chi connectivity index (χ4n) is 4.53. The Morgan fingerprint density at radius 2 is 2.00 bits per heavy atom. The number of hydrogen-bond acceptors (Lipinski definition) is 6. The topological polar surface area (TPSA) is 80.7 Å². The Bertz CT molecular complexity index is 1010. The quantitative estimate of drug-likeness (QED) is 0.459. The lowest BCUT2D eigenvalue weighted by atomic mass is 9.85. The maximum atomic E-state index is 6.09. The molecule has 2 fully saturated rings. The number of nitrogen functional groups attached to an aromatic ring is 1. The normalized spacial score (nSPS) is 17.8. The van der Waals surface area contributed by atoms with E-state index < -0.39 is 0 Å². The fraction of sp³-hybridized carbons (Fsp3) is 0.478. The van der Waals surface area contributed by atoms with Gasteiger partial charge in [-0.05, 0) is 50.9 Å². The van der Waals surface area contributed by atoms with Crippen LogP contribution in [0.4, 0.5) is 5.82 Å². The molecule has 1 saturated carbocycles. The molecule has 3 heterocycles. The number of imidazole rings is 1. The van der Waals surface area contributed by atoms with Gasteiger partial charge in [0.2, 0.25) is 0 Å². The number of fused-ring (bicyclic) bond motifs is 1. The Balaban J connectivity index is 1.41. The minimum absolute atomic E-state index is 0.503. The third-order valence-electron chi connectivity index (χ3n) is 6.42. The first-order chi connectivity index (χ1) is 14.8. The number of nitrogens with one attached hydrogen (secondary N) is 1. The molecule has 1 aliphatic carbocycles. The van der Waals surface area contributed by atoms with E-state index in [4.69, 9.17) is 15.6 Å². The fourth-order valence-corrected chi connectivity index (χ4v) is 4.53. The highest BCUT2D eigenvalue weighted by Gasteiger charge is 2.27. The molecule has 0 bridgehead atoms. The van der Waals surface area contributed by atoms with Gasteiger partial charge in [-0.2, -0.15) is 0 Å².